The molecule has 0 saturated carbocycles. The second kappa shape index (κ2) is 8.07. The van der Waals surface area contributed by atoms with Gasteiger partial charge in [-0.15, -0.1) is 0 Å². The van der Waals surface area contributed by atoms with Crippen LogP contribution >= 0.6 is 11.6 Å². The zero-order valence-corrected chi connectivity index (χ0v) is 17.0. The number of rotatable bonds is 5. The van der Waals surface area contributed by atoms with Crippen LogP contribution in [0.3, 0.4) is 0 Å². The molecule has 1 atom stereocenters. The van der Waals surface area contributed by atoms with Gasteiger partial charge in [0, 0.05) is 36.1 Å². The van der Waals surface area contributed by atoms with Gasteiger partial charge in [-0.05, 0) is 62.3 Å². The summed E-state index contributed by atoms with van der Waals surface area (Å²) in [5.41, 5.74) is 9.87. The molecule has 148 valence electrons. The van der Waals surface area contributed by atoms with Crippen molar-refractivity contribution >= 4 is 28.2 Å². The zero-order valence-electron chi connectivity index (χ0n) is 16.2. The Kier molecular flexibility index (Phi) is 5.53. The van der Waals surface area contributed by atoms with Gasteiger partial charge in [-0.25, -0.2) is 9.67 Å². The molecule has 1 saturated heterocycles. The molecule has 0 spiro atoms. The Bertz CT molecular complexity index is 996. The van der Waals surface area contributed by atoms with Crippen molar-refractivity contribution < 1.29 is 9.47 Å². The lowest BCUT2D eigenvalue weighted by Crippen LogP contribution is -2.20. The fourth-order valence-corrected chi connectivity index (χ4v) is 4.10. The van der Waals surface area contributed by atoms with Crippen LogP contribution in [-0.2, 0) is 16.1 Å². The van der Waals surface area contributed by atoms with E-state index in [1.54, 1.807) is 6.20 Å². The number of nitrogen functional groups attached to an aromatic ring is 1. The first-order valence-corrected chi connectivity index (χ1v) is 10.1. The van der Waals surface area contributed by atoms with Gasteiger partial charge < -0.3 is 15.2 Å². The van der Waals surface area contributed by atoms with E-state index in [0.29, 0.717) is 24.1 Å². The van der Waals surface area contributed by atoms with Crippen LogP contribution in [0.25, 0.3) is 21.9 Å². The molecule has 2 N–H and O–H groups in total. The van der Waals surface area contributed by atoms with Crippen molar-refractivity contribution in [2.24, 2.45) is 0 Å². The highest BCUT2D eigenvalue weighted by Crippen LogP contribution is 2.36. The first-order chi connectivity index (χ1) is 13.6. The number of nitrogens with two attached hydrogens (primary N) is 1. The number of benzene rings is 1. The first-order valence-electron chi connectivity index (χ1n) is 9.71. The minimum Gasteiger partial charge on any atom is -0.384 e. The molecule has 0 bridgehead atoms. The highest BCUT2D eigenvalue weighted by molar-refractivity contribution is 6.36. The Morgan fingerprint density at radius 2 is 2.18 bits per heavy atom. The lowest BCUT2D eigenvalue weighted by atomic mass is 10.00. The maximum Gasteiger partial charge on any atom is 0.150 e. The third kappa shape index (κ3) is 3.60. The lowest BCUT2D eigenvalue weighted by molar-refractivity contribution is -0.0411. The fourth-order valence-electron chi connectivity index (χ4n) is 3.83. The van der Waals surface area contributed by atoms with E-state index in [2.05, 4.69) is 18.0 Å². The third-order valence-corrected chi connectivity index (χ3v) is 5.50. The Morgan fingerprint density at radius 1 is 1.32 bits per heavy atom. The summed E-state index contributed by atoms with van der Waals surface area (Å²) in [6, 6.07) is 5.90. The van der Waals surface area contributed by atoms with Gasteiger partial charge in [0.25, 0.3) is 0 Å². The van der Waals surface area contributed by atoms with Crippen LogP contribution in [0.4, 0.5) is 5.82 Å². The summed E-state index contributed by atoms with van der Waals surface area (Å²) in [5, 5.41) is 7.34. The van der Waals surface area contributed by atoms with Crippen LogP contribution in [0.5, 0.6) is 0 Å². The van der Waals surface area contributed by atoms with E-state index in [0.717, 1.165) is 59.2 Å². The topological polar surface area (TPSA) is 75.2 Å². The molecule has 0 amide bonds. The highest BCUT2D eigenvalue weighted by Gasteiger charge is 2.24. The number of hydrogen-bond donors (Lipinski definition) is 1. The number of fused-ring (bicyclic) bond motifs is 1. The third-order valence-electron chi connectivity index (χ3n) is 5.19. The van der Waals surface area contributed by atoms with Crippen molar-refractivity contribution in [3.8, 4) is 11.1 Å². The summed E-state index contributed by atoms with van der Waals surface area (Å²) < 4.78 is 13.7. The van der Waals surface area contributed by atoms with E-state index in [-0.39, 0.29) is 6.23 Å². The number of nitrogens with zero attached hydrogens (tertiary/aromatic N) is 3. The minimum absolute atomic E-state index is 0.0290. The summed E-state index contributed by atoms with van der Waals surface area (Å²) in [6.45, 7) is 5.91. The molecule has 1 fully saturated rings. The number of anilines is 1. The van der Waals surface area contributed by atoms with E-state index in [9.17, 15) is 0 Å². The summed E-state index contributed by atoms with van der Waals surface area (Å²) in [5.74, 6) is 0.471. The quantitative estimate of drug-likeness (QED) is 0.660. The average Bonchev–Trinajstić information content (AvgIpc) is 3.02. The monoisotopic (exact) mass is 400 g/mol. The predicted octanol–water partition coefficient (Wildman–Crippen LogP) is 4.88. The Morgan fingerprint density at radius 3 is 2.93 bits per heavy atom. The van der Waals surface area contributed by atoms with Crippen LogP contribution in [0.1, 0.15) is 43.8 Å². The van der Waals surface area contributed by atoms with Gasteiger partial charge >= 0.3 is 0 Å². The van der Waals surface area contributed by atoms with Crippen LogP contribution in [0.15, 0.2) is 24.4 Å². The minimum atomic E-state index is -0.0290. The van der Waals surface area contributed by atoms with E-state index < -0.39 is 0 Å². The lowest BCUT2D eigenvalue weighted by Gasteiger charge is -2.24. The standard InChI is InChI=1S/C21H25ClN4O2/c1-3-27-12-18-21(13(2)26(25-18)20-6-4-5-7-28-20)15-8-14-10-19(23)24-11-16(14)17(22)9-15/h8-11,20H,3-7,12H2,1-2H3,(H2,23,24). The van der Waals surface area contributed by atoms with Crippen LogP contribution in [0, 0.1) is 6.92 Å². The van der Waals surface area contributed by atoms with Gasteiger partial charge in [0.2, 0.25) is 0 Å². The van der Waals surface area contributed by atoms with Crippen molar-refractivity contribution in [3.05, 3.63) is 40.8 Å². The van der Waals surface area contributed by atoms with E-state index in [1.165, 1.54) is 0 Å². The molecule has 28 heavy (non-hydrogen) atoms. The van der Waals surface area contributed by atoms with Crippen LogP contribution in [0.2, 0.25) is 5.02 Å². The largest absolute Gasteiger partial charge is 0.384 e. The number of ether oxygens (including phenoxy) is 2. The van der Waals surface area contributed by atoms with Gasteiger partial charge in [-0.3, -0.25) is 0 Å². The fraction of sp³-hybridized carbons (Fsp3) is 0.429. The molecule has 1 unspecified atom stereocenters. The van der Waals surface area contributed by atoms with Crippen molar-refractivity contribution in [2.75, 3.05) is 18.9 Å². The van der Waals surface area contributed by atoms with Crippen molar-refractivity contribution in [2.45, 2.75) is 45.9 Å². The van der Waals surface area contributed by atoms with E-state index >= 15 is 0 Å². The average molecular weight is 401 g/mol. The molecular weight excluding hydrogens is 376 g/mol. The molecule has 1 aliphatic rings. The Hall–Kier alpha value is -2.15. The van der Waals surface area contributed by atoms with Gasteiger partial charge in [0.15, 0.2) is 0 Å². The second-order valence-electron chi connectivity index (χ2n) is 7.10. The number of halogens is 1. The van der Waals surface area contributed by atoms with Gasteiger partial charge in [-0.1, -0.05) is 11.6 Å². The van der Waals surface area contributed by atoms with Gasteiger partial charge in [-0.2, -0.15) is 5.10 Å². The predicted molar refractivity (Wildman–Crippen MR) is 111 cm³/mol. The summed E-state index contributed by atoms with van der Waals surface area (Å²) >= 11 is 6.56. The molecule has 4 rings (SSSR count). The Balaban J connectivity index is 1.85. The normalized spacial score (nSPS) is 17.3. The molecular formula is C21H25ClN4O2. The van der Waals surface area contributed by atoms with Crippen LogP contribution in [-0.4, -0.2) is 28.0 Å². The number of pyridine rings is 1. The van der Waals surface area contributed by atoms with E-state index in [1.807, 2.05) is 23.7 Å². The van der Waals surface area contributed by atoms with Crippen LogP contribution < -0.4 is 5.73 Å². The maximum absolute atomic E-state index is 6.56. The van der Waals surface area contributed by atoms with Crippen molar-refractivity contribution in [1.29, 1.82) is 0 Å². The highest BCUT2D eigenvalue weighted by atomic mass is 35.5. The molecule has 7 heteroatoms. The van der Waals surface area contributed by atoms with Crippen molar-refractivity contribution in [1.82, 2.24) is 14.8 Å². The molecule has 1 aliphatic heterocycles. The molecule has 0 aliphatic carbocycles. The second-order valence-corrected chi connectivity index (χ2v) is 7.51. The summed E-state index contributed by atoms with van der Waals surface area (Å²) in [7, 11) is 0. The van der Waals surface area contributed by atoms with Gasteiger partial charge in [0.05, 0.1) is 17.3 Å². The molecule has 0 radical (unpaired) electrons. The SMILES string of the molecule is CCOCc1nn(C2CCCCO2)c(C)c1-c1cc(Cl)c2cnc(N)cc2c1. The molecule has 2 aromatic heterocycles. The smallest absolute Gasteiger partial charge is 0.150 e. The molecule has 3 heterocycles. The molecule has 3 aromatic rings. The zero-order chi connectivity index (χ0) is 19.7. The first kappa shape index (κ1) is 19.2. The number of hydrogen-bond acceptors (Lipinski definition) is 5. The van der Waals surface area contributed by atoms with Crippen molar-refractivity contribution in [3.63, 3.8) is 0 Å². The number of aromatic nitrogens is 3. The summed E-state index contributed by atoms with van der Waals surface area (Å²) in [4.78, 5) is 4.15. The Labute approximate surface area is 169 Å². The molecule has 1 aromatic carbocycles. The maximum atomic E-state index is 6.56. The summed E-state index contributed by atoms with van der Waals surface area (Å²) in [6.07, 6.45) is 4.90. The molecule has 6 nitrogen and oxygen atoms in total. The van der Waals surface area contributed by atoms with Gasteiger partial charge in [0.1, 0.15) is 12.0 Å². The van der Waals surface area contributed by atoms with E-state index in [4.69, 9.17) is 31.9 Å².